The third-order valence-corrected chi connectivity index (χ3v) is 4.91. The first-order chi connectivity index (χ1) is 11.7. The molecule has 0 aliphatic heterocycles. The Morgan fingerprint density at radius 1 is 1.42 bits per heavy atom. The van der Waals surface area contributed by atoms with Gasteiger partial charge in [-0.05, 0) is 30.2 Å². The van der Waals surface area contributed by atoms with Crippen LogP contribution in [0.1, 0.15) is 6.42 Å². The number of hydrogen-bond acceptors (Lipinski definition) is 5. The second kappa shape index (κ2) is 5.83. The summed E-state index contributed by atoms with van der Waals surface area (Å²) in [6.45, 7) is 0. The van der Waals surface area contributed by atoms with Crippen molar-refractivity contribution in [2.24, 2.45) is 5.92 Å². The van der Waals surface area contributed by atoms with E-state index in [0.717, 1.165) is 27.1 Å². The molecule has 4 rings (SSSR count). The zero-order valence-corrected chi connectivity index (χ0v) is 13.6. The molecule has 1 aromatic carbocycles. The van der Waals surface area contributed by atoms with Crippen molar-refractivity contribution in [1.29, 1.82) is 0 Å². The predicted octanol–water partition coefficient (Wildman–Crippen LogP) is 3.66. The Labute approximate surface area is 141 Å². The third kappa shape index (κ3) is 2.71. The van der Waals surface area contributed by atoms with Crippen molar-refractivity contribution in [3.63, 3.8) is 0 Å². The molecule has 1 amide bonds. The van der Waals surface area contributed by atoms with E-state index in [0.29, 0.717) is 11.6 Å². The molecule has 2 aromatic heterocycles. The van der Waals surface area contributed by atoms with Crippen LogP contribution in [0, 0.1) is 5.92 Å². The van der Waals surface area contributed by atoms with E-state index in [1.54, 1.807) is 25.6 Å². The number of methoxy groups -OCH3 is 1. The Hall–Kier alpha value is -2.54. The third-order valence-electron chi connectivity index (χ3n) is 3.98. The summed E-state index contributed by atoms with van der Waals surface area (Å²) in [4.78, 5) is 20.4. The van der Waals surface area contributed by atoms with Crippen molar-refractivity contribution in [2.45, 2.75) is 12.6 Å². The van der Waals surface area contributed by atoms with E-state index in [2.05, 4.69) is 15.3 Å². The van der Waals surface area contributed by atoms with Crippen LogP contribution in [0.3, 0.4) is 0 Å². The fraction of sp³-hybridized carbons (Fsp3) is 0.235. The number of nitrogens with one attached hydrogen (secondary N) is 1. The topological polar surface area (TPSA) is 64.1 Å². The molecule has 0 bridgehead atoms. The standard InChI is InChI=1S/C17H14FN3O2S/c1-23-14-4-5-19-8-11(14)9-2-3-13-15(6-9)24-17(20-13)21-16(22)10-7-12(10)18/h2-6,8,10,12H,7H2,1H3,(H,20,21,22). The van der Waals surface area contributed by atoms with Gasteiger partial charge in [-0.3, -0.25) is 9.78 Å². The van der Waals surface area contributed by atoms with Gasteiger partial charge < -0.3 is 10.1 Å². The summed E-state index contributed by atoms with van der Waals surface area (Å²) in [5.41, 5.74) is 2.63. The van der Waals surface area contributed by atoms with Gasteiger partial charge in [-0.2, -0.15) is 0 Å². The van der Waals surface area contributed by atoms with Gasteiger partial charge in [0.05, 0.1) is 23.2 Å². The van der Waals surface area contributed by atoms with Gasteiger partial charge >= 0.3 is 0 Å². The molecule has 1 aliphatic rings. The van der Waals surface area contributed by atoms with E-state index in [1.165, 1.54) is 11.3 Å². The second-order valence-electron chi connectivity index (χ2n) is 5.62. The van der Waals surface area contributed by atoms with E-state index in [9.17, 15) is 9.18 Å². The SMILES string of the molecule is COc1ccncc1-c1ccc2nc(NC(=O)C3CC3F)sc2c1. The molecule has 0 saturated heterocycles. The molecule has 1 aliphatic carbocycles. The lowest BCUT2D eigenvalue weighted by Crippen LogP contribution is -2.14. The van der Waals surface area contributed by atoms with Crippen LogP contribution < -0.4 is 10.1 Å². The van der Waals surface area contributed by atoms with E-state index in [1.807, 2.05) is 18.2 Å². The number of hydrogen-bond donors (Lipinski definition) is 1. The van der Waals surface area contributed by atoms with Gasteiger partial charge in [0, 0.05) is 18.0 Å². The second-order valence-corrected chi connectivity index (χ2v) is 6.66. The average Bonchev–Trinajstić information content (AvgIpc) is 3.20. The molecular formula is C17H14FN3O2S. The number of carbonyl (C=O) groups excluding carboxylic acids is 1. The minimum Gasteiger partial charge on any atom is -0.496 e. The lowest BCUT2D eigenvalue weighted by Gasteiger charge is -2.07. The number of ether oxygens (including phenoxy) is 1. The number of aromatic nitrogens is 2. The predicted molar refractivity (Wildman–Crippen MR) is 91.0 cm³/mol. The van der Waals surface area contributed by atoms with Gasteiger partial charge in [0.15, 0.2) is 5.13 Å². The summed E-state index contributed by atoms with van der Waals surface area (Å²) in [6.07, 6.45) is 2.72. The minimum absolute atomic E-state index is 0.296. The molecular weight excluding hydrogens is 329 g/mol. The average molecular weight is 343 g/mol. The van der Waals surface area contributed by atoms with Crippen molar-refractivity contribution in [3.05, 3.63) is 36.7 Å². The summed E-state index contributed by atoms with van der Waals surface area (Å²) < 4.78 is 19.2. The maximum Gasteiger partial charge on any atom is 0.232 e. The molecule has 1 fully saturated rings. The summed E-state index contributed by atoms with van der Waals surface area (Å²) in [7, 11) is 1.62. The normalized spacial score (nSPS) is 19.2. The van der Waals surface area contributed by atoms with Crippen LogP contribution in [0.25, 0.3) is 21.3 Å². The number of amides is 1. The number of carbonyl (C=O) groups is 1. The highest BCUT2D eigenvalue weighted by molar-refractivity contribution is 7.22. The number of anilines is 1. The van der Waals surface area contributed by atoms with Crippen LogP contribution in [0.5, 0.6) is 5.75 Å². The number of nitrogens with zero attached hydrogens (tertiary/aromatic N) is 2. The molecule has 0 radical (unpaired) electrons. The molecule has 3 aromatic rings. The van der Waals surface area contributed by atoms with Crippen molar-refractivity contribution >= 4 is 32.6 Å². The summed E-state index contributed by atoms with van der Waals surface area (Å²) in [5.74, 6) is -0.0759. The first-order valence-corrected chi connectivity index (χ1v) is 8.31. The Morgan fingerprint density at radius 2 is 2.25 bits per heavy atom. The number of thiazole rings is 1. The van der Waals surface area contributed by atoms with Crippen molar-refractivity contribution in [3.8, 4) is 16.9 Å². The summed E-state index contributed by atoms with van der Waals surface area (Å²) in [6, 6.07) is 7.61. The Balaban J connectivity index is 1.65. The fourth-order valence-electron chi connectivity index (χ4n) is 2.56. The van der Waals surface area contributed by atoms with E-state index in [4.69, 9.17) is 4.74 Å². The summed E-state index contributed by atoms with van der Waals surface area (Å²) >= 11 is 1.37. The van der Waals surface area contributed by atoms with Crippen LogP contribution in [0.4, 0.5) is 9.52 Å². The van der Waals surface area contributed by atoms with Gasteiger partial charge in [-0.1, -0.05) is 17.4 Å². The lowest BCUT2D eigenvalue weighted by molar-refractivity contribution is -0.117. The smallest absolute Gasteiger partial charge is 0.232 e. The van der Waals surface area contributed by atoms with Gasteiger partial charge in [0.2, 0.25) is 5.91 Å². The number of benzene rings is 1. The Kier molecular flexibility index (Phi) is 3.65. The van der Waals surface area contributed by atoms with Crippen LogP contribution in [-0.4, -0.2) is 29.2 Å². The Bertz CT molecular complexity index is 927. The van der Waals surface area contributed by atoms with E-state index < -0.39 is 12.1 Å². The number of halogens is 1. The van der Waals surface area contributed by atoms with Crippen molar-refractivity contribution < 1.29 is 13.9 Å². The Morgan fingerprint density at radius 3 is 3.00 bits per heavy atom. The highest BCUT2D eigenvalue weighted by Gasteiger charge is 2.43. The molecule has 1 saturated carbocycles. The molecule has 2 heterocycles. The maximum atomic E-state index is 12.9. The number of fused-ring (bicyclic) bond motifs is 1. The zero-order chi connectivity index (χ0) is 16.7. The van der Waals surface area contributed by atoms with E-state index in [-0.39, 0.29) is 5.91 Å². The first kappa shape index (κ1) is 15.0. The van der Waals surface area contributed by atoms with Crippen LogP contribution >= 0.6 is 11.3 Å². The molecule has 122 valence electrons. The largest absolute Gasteiger partial charge is 0.496 e. The van der Waals surface area contributed by atoms with Crippen LogP contribution in [-0.2, 0) is 4.79 Å². The minimum atomic E-state index is -1.01. The molecule has 5 nitrogen and oxygen atoms in total. The molecule has 2 unspecified atom stereocenters. The quantitative estimate of drug-likeness (QED) is 0.785. The molecule has 0 spiro atoms. The molecule has 24 heavy (non-hydrogen) atoms. The highest BCUT2D eigenvalue weighted by atomic mass is 32.1. The first-order valence-electron chi connectivity index (χ1n) is 7.49. The van der Waals surface area contributed by atoms with Gasteiger partial charge in [0.25, 0.3) is 0 Å². The van der Waals surface area contributed by atoms with Gasteiger partial charge in [-0.15, -0.1) is 0 Å². The molecule has 1 N–H and O–H groups in total. The van der Waals surface area contributed by atoms with Crippen molar-refractivity contribution in [2.75, 3.05) is 12.4 Å². The monoisotopic (exact) mass is 343 g/mol. The molecule has 7 heteroatoms. The maximum absolute atomic E-state index is 12.9. The van der Waals surface area contributed by atoms with Crippen molar-refractivity contribution in [1.82, 2.24) is 9.97 Å². The highest BCUT2D eigenvalue weighted by Crippen LogP contribution is 2.37. The summed E-state index contributed by atoms with van der Waals surface area (Å²) in [5, 5.41) is 3.19. The van der Waals surface area contributed by atoms with E-state index >= 15 is 0 Å². The van der Waals surface area contributed by atoms with Gasteiger partial charge in [-0.25, -0.2) is 9.37 Å². The van der Waals surface area contributed by atoms with Crippen LogP contribution in [0.15, 0.2) is 36.7 Å². The number of alkyl halides is 1. The number of rotatable bonds is 4. The molecule has 2 atom stereocenters. The fourth-order valence-corrected chi connectivity index (χ4v) is 3.46. The van der Waals surface area contributed by atoms with Crippen LogP contribution in [0.2, 0.25) is 0 Å². The van der Waals surface area contributed by atoms with Gasteiger partial charge in [0.1, 0.15) is 11.9 Å². The zero-order valence-electron chi connectivity index (χ0n) is 12.8. The number of pyridine rings is 1. The lowest BCUT2D eigenvalue weighted by atomic mass is 10.1.